The Morgan fingerprint density at radius 3 is 1.53 bits per heavy atom. The third-order valence-electron chi connectivity index (χ3n) is 12.8. The minimum atomic E-state index is 0.151. The Balaban J connectivity index is 1.13. The zero-order valence-electron chi connectivity index (χ0n) is 35.7. The average molecular weight is 818 g/mol. The second kappa shape index (κ2) is 16.4. The average Bonchev–Trinajstić information content (AvgIpc) is 3.75. The summed E-state index contributed by atoms with van der Waals surface area (Å²) in [5.41, 5.74) is 10.6. The second-order valence-electron chi connectivity index (χ2n) is 16.6. The molecule has 0 aliphatic carbocycles. The first kappa shape index (κ1) is 41.5. The number of fused-ring (bicyclic) bond motifs is 6. The van der Waals surface area contributed by atoms with Crippen LogP contribution in [0.5, 0.6) is 0 Å². The van der Waals surface area contributed by atoms with Crippen molar-refractivity contribution in [2.45, 2.75) is 0 Å². The molecular weight excluding hydrogens is 789 g/mol. The highest BCUT2D eigenvalue weighted by Crippen LogP contribution is 2.41. The first-order chi connectivity index (χ1) is 32.1. The minimum absolute atomic E-state index is 0.151. The number of rotatable bonds is 7. The van der Waals surface area contributed by atoms with Crippen LogP contribution in [-0.2, 0) is 0 Å². The molecule has 10 heteroatoms. The largest absolute Gasteiger partial charge is 0.455 e. The molecule has 0 aliphatic heterocycles. The molecule has 288 valence electrons. The summed E-state index contributed by atoms with van der Waals surface area (Å²) in [4.78, 5) is 1.77. The molecule has 0 bridgehead atoms. The summed E-state index contributed by atoms with van der Waals surface area (Å²) in [7, 11) is 57.0. The van der Waals surface area contributed by atoms with Crippen LogP contribution in [0.15, 0.2) is 180 Å². The lowest BCUT2D eigenvalue weighted by Gasteiger charge is -2.37. The van der Waals surface area contributed by atoms with Crippen LogP contribution >= 0.6 is 0 Å². The third kappa shape index (κ3) is 6.68. The summed E-state index contributed by atoms with van der Waals surface area (Å²) < 4.78 is 6.58. The summed E-state index contributed by atoms with van der Waals surface area (Å²) >= 11 is 0. The molecule has 11 rings (SSSR count). The molecule has 1 aromatic heterocycles. The molecule has 0 fully saturated rings. The normalized spacial score (nSPS) is 11.5. The molecule has 0 saturated heterocycles. The van der Waals surface area contributed by atoms with E-state index < -0.39 is 0 Å². The van der Waals surface area contributed by atoms with Gasteiger partial charge >= 0.3 is 0 Å². The van der Waals surface area contributed by atoms with Crippen LogP contribution in [0.1, 0.15) is 0 Å². The molecule has 0 saturated carbocycles. The van der Waals surface area contributed by atoms with Gasteiger partial charge in [0.1, 0.15) is 73.9 Å². The third-order valence-corrected chi connectivity index (χ3v) is 12.8. The fourth-order valence-electron chi connectivity index (χ4n) is 9.51. The Labute approximate surface area is 394 Å². The van der Waals surface area contributed by atoms with E-state index in [9.17, 15) is 0 Å². The van der Waals surface area contributed by atoms with Gasteiger partial charge in [0.25, 0.3) is 0 Å². The highest BCUT2D eigenvalue weighted by Gasteiger charge is 2.27. The van der Waals surface area contributed by atoms with Gasteiger partial charge in [-0.2, -0.15) is 0 Å². The van der Waals surface area contributed by atoms with Crippen molar-refractivity contribution in [1.29, 1.82) is 0 Å². The Bertz CT molecular complexity index is 3700. The van der Waals surface area contributed by atoms with Gasteiger partial charge in [-0.1, -0.05) is 189 Å². The van der Waals surface area contributed by atoms with E-state index in [2.05, 4.69) is 42.5 Å². The monoisotopic (exact) mass is 819 g/mol. The fraction of sp³-hybridized carbons (Fsp3) is 0. The maximum atomic E-state index is 7.20. The quantitative estimate of drug-likeness (QED) is 0.174. The smallest absolute Gasteiger partial charge is 0.143 e. The van der Waals surface area contributed by atoms with E-state index in [1.807, 2.05) is 133 Å². The van der Waals surface area contributed by atoms with Gasteiger partial charge in [-0.05, 0) is 91.0 Å². The Morgan fingerprint density at radius 1 is 0.333 bits per heavy atom. The highest BCUT2D eigenvalue weighted by molar-refractivity contribution is 6.65. The van der Waals surface area contributed by atoms with Crippen molar-refractivity contribution in [2.75, 3.05) is 4.90 Å². The van der Waals surface area contributed by atoms with Gasteiger partial charge < -0.3 is 9.32 Å². The minimum Gasteiger partial charge on any atom is -0.455 e. The first-order valence-electron chi connectivity index (χ1n) is 21.5. The van der Waals surface area contributed by atoms with Gasteiger partial charge in [0, 0.05) is 33.2 Å². The van der Waals surface area contributed by atoms with Crippen LogP contribution in [0.25, 0.3) is 88.0 Å². The summed E-state index contributed by atoms with van der Waals surface area (Å²) in [6.45, 7) is 0. The van der Waals surface area contributed by atoms with Gasteiger partial charge in [0.05, 0.1) is 0 Å². The van der Waals surface area contributed by atoms with E-state index in [1.165, 1.54) is 0 Å². The van der Waals surface area contributed by atoms with Gasteiger partial charge in [-0.3, -0.25) is 0 Å². The second-order valence-corrected chi connectivity index (χ2v) is 16.6. The molecule has 1 heterocycles. The molecule has 66 heavy (non-hydrogen) atoms. The molecule has 0 amide bonds. The van der Waals surface area contributed by atoms with E-state index in [-0.39, 0.29) is 55.1 Å². The zero-order chi connectivity index (χ0) is 45.4. The summed E-state index contributed by atoms with van der Waals surface area (Å²) in [5, 5.41) is 6.13. The highest BCUT2D eigenvalue weighted by atomic mass is 16.3. The molecule has 0 aliphatic rings. The van der Waals surface area contributed by atoms with Crippen molar-refractivity contribution in [2.24, 2.45) is 0 Å². The molecule has 0 atom stereocenters. The van der Waals surface area contributed by atoms with Crippen LogP contribution in [0.4, 0.5) is 17.1 Å². The van der Waals surface area contributed by atoms with Crippen molar-refractivity contribution < 1.29 is 4.42 Å². The van der Waals surface area contributed by atoms with Gasteiger partial charge in [0.15, 0.2) is 0 Å². The maximum Gasteiger partial charge on any atom is 0.143 e. The van der Waals surface area contributed by atoms with Crippen LogP contribution in [-0.4, -0.2) is 62.8 Å². The lowest BCUT2D eigenvalue weighted by Crippen LogP contribution is -2.50. The first-order valence-corrected chi connectivity index (χ1v) is 21.5. The van der Waals surface area contributed by atoms with E-state index in [1.54, 1.807) is 4.90 Å². The van der Waals surface area contributed by atoms with E-state index in [0.29, 0.717) is 16.8 Å². The van der Waals surface area contributed by atoms with Crippen LogP contribution in [0, 0.1) is 0 Å². The van der Waals surface area contributed by atoms with Crippen molar-refractivity contribution >= 4 is 167 Å². The Hall–Kier alpha value is -7.16. The number of anilines is 3. The van der Waals surface area contributed by atoms with Gasteiger partial charge in [0.2, 0.25) is 0 Å². The molecule has 10 aromatic carbocycles. The fourth-order valence-corrected chi connectivity index (χ4v) is 9.51. The van der Waals surface area contributed by atoms with E-state index in [0.717, 1.165) is 76.9 Å². The topological polar surface area (TPSA) is 16.4 Å². The predicted molar refractivity (Wildman–Crippen MR) is 288 cm³/mol. The molecule has 16 radical (unpaired) electrons. The van der Waals surface area contributed by atoms with Crippen LogP contribution in [0.2, 0.25) is 0 Å². The van der Waals surface area contributed by atoms with Gasteiger partial charge in [-0.15, -0.1) is 0 Å². The van der Waals surface area contributed by atoms with Crippen molar-refractivity contribution in [3.63, 3.8) is 0 Å². The van der Waals surface area contributed by atoms with Crippen LogP contribution in [0.3, 0.4) is 0 Å². The standard InChI is InChI=1S/C56H29B8NO/c57-46-43(34-23-20-32(21-24-34)30-10-2-1-3-11-30)47(58)51(62)54(50(46)61)65(55-52(63)48(59)44(49(60)53(55)64)37-25-22-31-12-4-5-14-35(31)28-37)38-16-8-15-36(29-38)39-18-9-19-42-45(39)41-27-26-33-13-6-7-17-40(33)56(41)66-42/h1-29H. The summed E-state index contributed by atoms with van der Waals surface area (Å²) in [6.07, 6.45) is 0. The lowest BCUT2D eigenvalue weighted by molar-refractivity contribution is 0.673. The molecule has 0 spiro atoms. The number of nitrogens with zero attached hydrogens (tertiary/aromatic N) is 1. The van der Waals surface area contributed by atoms with E-state index >= 15 is 0 Å². The number of furan rings is 1. The summed E-state index contributed by atoms with van der Waals surface area (Å²) in [5.74, 6) is 0. The van der Waals surface area contributed by atoms with Crippen molar-refractivity contribution in [3.05, 3.63) is 176 Å². The number of hydrogen-bond donors (Lipinski definition) is 0. The van der Waals surface area contributed by atoms with Crippen molar-refractivity contribution in [3.8, 4) is 44.5 Å². The molecule has 2 nitrogen and oxygen atoms in total. The zero-order valence-corrected chi connectivity index (χ0v) is 35.7. The predicted octanol–water partition coefficient (Wildman–Crippen LogP) is 6.38. The molecular formula is C56H29B8NO. The lowest BCUT2D eigenvalue weighted by atomic mass is 9.63. The maximum absolute atomic E-state index is 7.20. The molecule has 0 N–H and O–H groups in total. The summed E-state index contributed by atoms with van der Waals surface area (Å²) in [6, 6.07) is 58.4. The number of benzene rings is 10. The van der Waals surface area contributed by atoms with Gasteiger partial charge in [-0.25, -0.2) is 0 Å². The Morgan fingerprint density at radius 2 is 0.848 bits per heavy atom. The SMILES string of the molecule is [B]c1c([B])c(N(c2cccc(-c3cccc4oc5c6ccccc6ccc5c34)c2)c2c([B])c([B])c(-c3ccc4ccccc4c3)c([B])c2[B])c([B])c([B])c1-c1ccc(-c2ccccc2)cc1. The molecule has 0 unspecified atom stereocenters. The number of hydrogen-bond acceptors (Lipinski definition) is 2. The van der Waals surface area contributed by atoms with Crippen molar-refractivity contribution in [1.82, 2.24) is 0 Å². The van der Waals surface area contributed by atoms with Crippen LogP contribution < -0.4 is 48.6 Å². The Kier molecular flexibility index (Phi) is 10.3. The molecule has 11 aromatic rings. The van der Waals surface area contributed by atoms with E-state index in [4.69, 9.17) is 67.2 Å².